The van der Waals surface area contributed by atoms with E-state index in [0.717, 1.165) is 0 Å². The largest absolute Gasteiger partial charge is 0.373 e. The molecule has 0 saturated heterocycles. The molecule has 0 radical (unpaired) electrons. The molecule has 0 spiro atoms. The first-order valence-electron chi connectivity index (χ1n) is 2.62. The van der Waals surface area contributed by atoms with E-state index in [9.17, 15) is 4.79 Å². The molecule has 0 aliphatic carbocycles. The highest BCUT2D eigenvalue weighted by atomic mass is 17.2. The molecule has 0 aromatic rings. The number of hydrogen-bond donors (Lipinski definition) is 0. The van der Waals surface area contributed by atoms with Crippen LogP contribution >= 0.6 is 0 Å². The molecule has 0 amide bonds. The second kappa shape index (κ2) is 5.53. The number of carbonyl (C=O) groups excluding carboxylic acids is 1. The van der Waals surface area contributed by atoms with Gasteiger partial charge in [-0.3, -0.25) is 4.89 Å². The lowest BCUT2D eigenvalue weighted by atomic mass is 10.7. The summed E-state index contributed by atoms with van der Waals surface area (Å²) in [5, 5.41) is 0. The van der Waals surface area contributed by atoms with Crippen LogP contribution in [-0.4, -0.2) is 26.3 Å². The molecule has 0 aliphatic rings. The van der Waals surface area contributed by atoms with Crippen LogP contribution in [0.5, 0.6) is 0 Å². The third-order valence-electron chi connectivity index (χ3n) is 0.532. The highest BCUT2D eigenvalue weighted by Gasteiger charge is 1.99. The maximum atomic E-state index is 10.3. The van der Waals surface area contributed by atoms with Gasteiger partial charge < -0.3 is 4.74 Å². The van der Waals surface area contributed by atoms with Crippen molar-refractivity contribution in [2.45, 2.75) is 6.92 Å². The molecule has 0 aliphatic heterocycles. The molecule has 9 heavy (non-hydrogen) atoms. The number of methoxy groups -OCH3 is 1. The van der Waals surface area contributed by atoms with E-state index >= 15 is 0 Å². The monoisotopic (exact) mass is 134 g/mol. The number of carbonyl (C=O) groups is 1. The Kier molecular flexibility index (Phi) is 5.15. The maximum absolute atomic E-state index is 10.3. The van der Waals surface area contributed by atoms with E-state index in [0.29, 0.717) is 6.61 Å². The Morgan fingerprint density at radius 3 is 2.67 bits per heavy atom. The number of hydrogen-bond acceptors (Lipinski definition) is 4. The zero-order valence-corrected chi connectivity index (χ0v) is 5.55. The van der Waals surface area contributed by atoms with Crippen molar-refractivity contribution >= 4 is 5.97 Å². The van der Waals surface area contributed by atoms with E-state index < -0.39 is 5.97 Å². The van der Waals surface area contributed by atoms with Crippen molar-refractivity contribution in [1.29, 1.82) is 0 Å². The summed E-state index contributed by atoms with van der Waals surface area (Å²) in [7, 11) is 1.41. The minimum atomic E-state index is -0.514. The second-order valence-electron chi connectivity index (χ2n) is 1.29. The Hall–Kier alpha value is -0.610. The summed E-state index contributed by atoms with van der Waals surface area (Å²) in [6.07, 6.45) is 0. The first-order chi connectivity index (χ1) is 4.31. The third kappa shape index (κ3) is 5.26. The summed E-state index contributed by atoms with van der Waals surface area (Å²) in [6.45, 7) is 2.01. The molecule has 0 saturated carbocycles. The van der Waals surface area contributed by atoms with E-state index in [1.54, 1.807) is 6.92 Å². The second-order valence-corrected chi connectivity index (χ2v) is 1.29. The van der Waals surface area contributed by atoms with Gasteiger partial charge in [0.15, 0.2) is 0 Å². The van der Waals surface area contributed by atoms with E-state index in [2.05, 4.69) is 14.5 Å². The molecule has 0 rings (SSSR count). The normalized spacial score (nSPS) is 9.11. The summed E-state index contributed by atoms with van der Waals surface area (Å²) in [5.41, 5.74) is 0. The summed E-state index contributed by atoms with van der Waals surface area (Å²) in [6, 6.07) is 0. The molecule has 4 nitrogen and oxygen atoms in total. The first kappa shape index (κ1) is 8.39. The third-order valence-corrected chi connectivity index (χ3v) is 0.532. The van der Waals surface area contributed by atoms with Gasteiger partial charge in [0.25, 0.3) is 0 Å². The average Bonchev–Trinajstić information content (AvgIpc) is 1.85. The molecule has 4 heteroatoms. The van der Waals surface area contributed by atoms with Gasteiger partial charge in [-0.2, -0.15) is 4.89 Å². The molecule has 0 unspecified atom stereocenters. The van der Waals surface area contributed by atoms with Crippen LogP contribution in [0.4, 0.5) is 0 Å². The minimum absolute atomic E-state index is 0.0694. The Labute approximate surface area is 53.6 Å². The van der Waals surface area contributed by atoms with Crippen LogP contribution in [-0.2, 0) is 19.3 Å². The van der Waals surface area contributed by atoms with Gasteiger partial charge in [-0.05, 0) is 6.92 Å². The van der Waals surface area contributed by atoms with Crippen LogP contribution in [0.2, 0.25) is 0 Å². The lowest BCUT2D eigenvalue weighted by molar-refractivity contribution is -0.271. The standard InChI is InChI=1S/C5H10O4/c1-3-8-9-5(6)4-7-2/h3-4H2,1-2H3. The van der Waals surface area contributed by atoms with Crippen molar-refractivity contribution in [1.82, 2.24) is 0 Å². The fourth-order valence-corrected chi connectivity index (χ4v) is 0.267. The van der Waals surface area contributed by atoms with E-state index in [1.165, 1.54) is 7.11 Å². The Balaban J connectivity index is 3.06. The van der Waals surface area contributed by atoms with Crippen molar-refractivity contribution in [3.8, 4) is 0 Å². The van der Waals surface area contributed by atoms with Gasteiger partial charge in [-0.15, -0.1) is 0 Å². The van der Waals surface area contributed by atoms with E-state index in [1.807, 2.05) is 0 Å². The summed E-state index contributed by atoms with van der Waals surface area (Å²) in [4.78, 5) is 18.8. The Bertz CT molecular complexity index is 81.0. The molecular formula is C5H10O4. The van der Waals surface area contributed by atoms with Crippen molar-refractivity contribution in [3.63, 3.8) is 0 Å². The number of rotatable bonds is 4. The molecule has 0 N–H and O–H groups in total. The maximum Gasteiger partial charge on any atom is 0.367 e. The molecule has 54 valence electrons. The van der Waals surface area contributed by atoms with Gasteiger partial charge in [0.05, 0.1) is 6.61 Å². The molecule has 0 atom stereocenters. The number of ether oxygens (including phenoxy) is 1. The van der Waals surface area contributed by atoms with Gasteiger partial charge in [-0.25, -0.2) is 4.79 Å². The quantitative estimate of drug-likeness (QED) is 0.405. The van der Waals surface area contributed by atoms with E-state index in [-0.39, 0.29) is 6.61 Å². The van der Waals surface area contributed by atoms with Gasteiger partial charge in [0, 0.05) is 7.11 Å². The van der Waals surface area contributed by atoms with Crippen LogP contribution in [0.3, 0.4) is 0 Å². The van der Waals surface area contributed by atoms with Crippen molar-refractivity contribution in [2.24, 2.45) is 0 Å². The predicted octanol–water partition coefficient (Wildman–Crippen LogP) is 0.127. The highest BCUT2D eigenvalue weighted by molar-refractivity contribution is 5.69. The average molecular weight is 134 g/mol. The predicted molar refractivity (Wildman–Crippen MR) is 29.6 cm³/mol. The fourth-order valence-electron chi connectivity index (χ4n) is 0.267. The summed E-state index contributed by atoms with van der Waals surface area (Å²) < 4.78 is 4.45. The van der Waals surface area contributed by atoms with Crippen LogP contribution in [0.1, 0.15) is 6.92 Å². The van der Waals surface area contributed by atoms with Crippen LogP contribution in [0.25, 0.3) is 0 Å². The lowest BCUT2D eigenvalue weighted by Gasteiger charge is -1.98. The topological polar surface area (TPSA) is 44.8 Å². The zero-order valence-electron chi connectivity index (χ0n) is 5.55. The summed E-state index contributed by atoms with van der Waals surface area (Å²) >= 11 is 0. The van der Waals surface area contributed by atoms with Gasteiger partial charge in [-0.1, -0.05) is 0 Å². The fraction of sp³-hybridized carbons (Fsp3) is 0.800. The Morgan fingerprint density at radius 1 is 1.56 bits per heavy atom. The van der Waals surface area contributed by atoms with Crippen LogP contribution < -0.4 is 0 Å². The molecule has 0 fully saturated rings. The van der Waals surface area contributed by atoms with Crippen LogP contribution in [0, 0.1) is 0 Å². The van der Waals surface area contributed by atoms with Crippen molar-refractivity contribution in [2.75, 3.05) is 20.3 Å². The van der Waals surface area contributed by atoms with Gasteiger partial charge >= 0.3 is 5.97 Å². The molecular weight excluding hydrogens is 124 g/mol. The van der Waals surface area contributed by atoms with Crippen LogP contribution in [0.15, 0.2) is 0 Å². The minimum Gasteiger partial charge on any atom is -0.373 e. The zero-order chi connectivity index (χ0) is 7.11. The highest BCUT2D eigenvalue weighted by Crippen LogP contribution is 1.80. The molecule has 0 aromatic heterocycles. The van der Waals surface area contributed by atoms with Gasteiger partial charge in [0.2, 0.25) is 0 Å². The Morgan fingerprint density at radius 2 is 2.22 bits per heavy atom. The smallest absolute Gasteiger partial charge is 0.367 e. The van der Waals surface area contributed by atoms with Gasteiger partial charge in [0.1, 0.15) is 6.61 Å². The molecule has 0 heterocycles. The summed E-state index contributed by atoms with van der Waals surface area (Å²) in [5.74, 6) is -0.514. The SMILES string of the molecule is CCOOC(=O)COC. The van der Waals surface area contributed by atoms with Crippen molar-refractivity contribution < 1.29 is 19.3 Å². The molecule has 0 aromatic carbocycles. The molecule has 0 bridgehead atoms. The van der Waals surface area contributed by atoms with E-state index in [4.69, 9.17) is 0 Å². The lowest BCUT2D eigenvalue weighted by Crippen LogP contribution is -2.11. The first-order valence-corrected chi connectivity index (χ1v) is 2.62. The van der Waals surface area contributed by atoms with Crippen molar-refractivity contribution in [3.05, 3.63) is 0 Å².